The molecule has 0 aliphatic heterocycles. The molecule has 0 rings (SSSR count). The fourth-order valence-corrected chi connectivity index (χ4v) is 1.75. The summed E-state index contributed by atoms with van der Waals surface area (Å²) in [5.74, 6) is -0.725. The molecule has 1 unspecified atom stereocenters. The van der Waals surface area contributed by atoms with Gasteiger partial charge in [-0.15, -0.1) is 0 Å². The van der Waals surface area contributed by atoms with Gasteiger partial charge in [0, 0.05) is 13.1 Å². The van der Waals surface area contributed by atoms with Crippen LogP contribution in [0.5, 0.6) is 0 Å². The van der Waals surface area contributed by atoms with Crippen LogP contribution in [0.15, 0.2) is 4.99 Å². The van der Waals surface area contributed by atoms with Gasteiger partial charge in [-0.1, -0.05) is 0 Å². The number of amides is 3. The zero-order chi connectivity index (χ0) is 17.5. The number of hydrogen-bond donors (Lipinski definition) is 6. The van der Waals surface area contributed by atoms with Gasteiger partial charge in [0.2, 0.25) is 18.2 Å². The number of carbonyl (C=O) groups is 3. The van der Waals surface area contributed by atoms with E-state index < -0.39 is 11.9 Å². The molecule has 0 spiro atoms. The lowest BCUT2D eigenvalue weighted by Crippen LogP contribution is -2.49. The normalized spacial score (nSPS) is 11.2. The van der Waals surface area contributed by atoms with Gasteiger partial charge in [-0.25, -0.2) is 0 Å². The van der Waals surface area contributed by atoms with Crippen LogP contribution in [0.3, 0.4) is 0 Å². The van der Waals surface area contributed by atoms with Crippen molar-refractivity contribution in [2.24, 2.45) is 16.5 Å². The first-order chi connectivity index (χ1) is 11.0. The van der Waals surface area contributed by atoms with E-state index in [4.69, 9.17) is 11.5 Å². The Morgan fingerprint density at radius 2 is 1.96 bits per heavy atom. The predicted octanol–water partition coefficient (Wildman–Crippen LogP) is -3.00. The summed E-state index contributed by atoms with van der Waals surface area (Å²) in [6, 6.07) is -0.695. The lowest BCUT2D eigenvalue weighted by atomic mass is 10.1. The van der Waals surface area contributed by atoms with E-state index in [1.165, 1.54) is 0 Å². The van der Waals surface area contributed by atoms with Crippen LogP contribution in [0, 0.1) is 0 Å². The minimum absolute atomic E-state index is 0.0164. The molecule has 0 fully saturated rings. The smallest absolute Gasteiger partial charge is 0.242 e. The molecular formula is C13H27N7O3. The van der Waals surface area contributed by atoms with Gasteiger partial charge in [-0.3, -0.25) is 19.4 Å². The van der Waals surface area contributed by atoms with E-state index in [9.17, 15) is 14.4 Å². The van der Waals surface area contributed by atoms with Crippen molar-refractivity contribution in [3.63, 3.8) is 0 Å². The van der Waals surface area contributed by atoms with Gasteiger partial charge in [0.1, 0.15) is 6.04 Å². The van der Waals surface area contributed by atoms with Crippen LogP contribution >= 0.6 is 0 Å². The Bertz CT molecular complexity index is 397. The summed E-state index contributed by atoms with van der Waals surface area (Å²) in [4.78, 5) is 37.8. The summed E-state index contributed by atoms with van der Waals surface area (Å²) in [5, 5.41) is 10.6. The molecule has 0 aromatic rings. The van der Waals surface area contributed by atoms with Crippen molar-refractivity contribution in [3.05, 3.63) is 0 Å². The van der Waals surface area contributed by atoms with Crippen molar-refractivity contribution in [2.45, 2.75) is 25.3 Å². The van der Waals surface area contributed by atoms with E-state index in [1.807, 2.05) is 7.05 Å². The lowest BCUT2D eigenvalue weighted by molar-refractivity contribution is -0.129. The molecular weight excluding hydrogens is 302 g/mol. The second-order valence-corrected chi connectivity index (χ2v) is 4.82. The predicted molar refractivity (Wildman–Crippen MR) is 87.5 cm³/mol. The quantitative estimate of drug-likeness (QED) is 0.0912. The van der Waals surface area contributed by atoms with Crippen molar-refractivity contribution in [1.29, 1.82) is 0 Å². The highest BCUT2D eigenvalue weighted by Gasteiger charge is 2.19. The molecule has 0 radical (unpaired) electrons. The maximum Gasteiger partial charge on any atom is 0.242 e. The molecule has 0 aliphatic rings. The number of nitrogens with two attached hydrogens (primary N) is 2. The van der Waals surface area contributed by atoms with Crippen LogP contribution in [0.4, 0.5) is 0 Å². The van der Waals surface area contributed by atoms with Crippen molar-refractivity contribution in [3.8, 4) is 0 Å². The van der Waals surface area contributed by atoms with Gasteiger partial charge in [-0.05, 0) is 32.9 Å². The number of nitrogens with one attached hydrogen (secondary N) is 4. The second-order valence-electron chi connectivity index (χ2n) is 4.82. The van der Waals surface area contributed by atoms with Gasteiger partial charge in [0.05, 0.1) is 6.54 Å². The molecule has 3 amide bonds. The number of guanidine groups is 1. The highest BCUT2D eigenvalue weighted by atomic mass is 16.2. The first-order valence-corrected chi connectivity index (χ1v) is 7.45. The monoisotopic (exact) mass is 329 g/mol. The molecule has 132 valence electrons. The van der Waals surface area contributed by atoms with Crippen LogP contribution in [0.1, 0.15) is 19.3 Å². The number of rotatable bonds is 13. The average Bonchev–Trinajstić information content (AvgIpc) is 2.52. The van der Waals surface area contributed by atoms with Crippen molar-refractivity contribution in [2.75, 3.05) is 33.2 Å². The third-order valence-corrected chi connectivity index (χ3v) is 2.85. The summed E-state index contributed by atoms with van der Waals surface area (Å²) < 4.78 is 0. The Balaban J connectivity index is 4.39. The second kappa shape index (κ2) is 13.3. The minimum atomic E-state index is -0.695. The van der Waals surface area contributed by atoms with Crippen molar-refractivity contribution >= 4 is 24.2 Å². The molecule has 10 nitrogen and oxygen atoms in total. The van der Waals surface area contributed by atoms with Gasteiger partial charge >= 0.3 is 0 Å². The van der Waals surface area contributed by atoms with Crippen molar-refractivity contribution < 1.29 is 14.4 Å². The van der Waals surface area contributed by atoms with Crippen molar-refractivity contribution in [1.82, 2.24) is 21.3 Å². The fraction of sp³-hybridized carbons (Fsp3) is 0.692. The first kappa shape index (κ1) is 20.6. The summed E-state index contributed by atoms with van der Waals surface area (Å²) in [6.07, 6.45) is 2.13. The van der Waals surface area contributed by atoms with Gasteiger partial charge in [0.15, 0.2) is 5.96 Å². The summed E-state index contributed by atoms with van der Waals surface area (Å²) in [6.45, 7) is 1.48. The molecule has 0 aromatic carbocycles. The largest absolute Gasteiger partial charge is 0.370 e. The Morgan fingerprint density at radius 3 is 2.57 bits per heavy atom. The maximum absolute atomic E-state index is 12.1. The fourth-order valence-electron chi connectivity index (χ4n) is 1.75. The number of nitrogens with zero attached hydrogens (tertiary/aromatic N) is 1. The van der Waals surface area contributed by atoms with Crippen LogP contribution in [-0.2, 0) is 14.4 Å². The van der Waals surface area contributed by atoms with Gasteiger partial charge < -0.3 is 32.7 Å². The lowest BCUT2D eigenvalue weighted by Gasteiger charge is -2.18. The van der Waals surface area contributed by atoms with E-state index in [1.54, 1.807) is 0 Å². The molecule has 1 atom stereocenters. The highest BCUT2D eigenvalue weighted by Crippen LogP contribution is 1.99. The topological polar surface area (TPSA) is 164 Å². The average molecular weight is 329 g/mol. The van der Waals surface area contributed by atoms with Crippen LogP contribution in [0.2, 0.25) is 0 Å². The standard InChI is InChI=1S/C13H27N7O3/c1-16-5-3-7-18-12(23)10(4-2-6-19-13(14)15)20-11(22)8-17-9-21/h9-10,16H,2-8H2,1H3,(H,17,21)(H,18,23)(H,20,22)(H4,14,15,19). The third-order valence-electron chi connectivity index (χ3n) is 2.85. The Morgan fingerprint density at radius 1 is 1.22 bits per heavy atom. The van der Waals surface area contributed by atoms with Gasteiger partial charge in [-0.2, -0.15) is 0 Å². The van der Waals surface area contributed by atoms with E-state index >= 15 is 0 Å². The highest BCUT2D eigenvalue weighted by molar-refractivity contribution is 5.88. The Kier molecular flexibility index (Phi) is 11.9. The van der Waals surface area contributed by atoms with E-state index in [0.29, 0.717) is 32.3 Å². The Labute approximate surface area is 135 Å². The zero-order valence-electron chi connectivity index (χ0n) is 13.4. The molecule has 0 saturated heterocycles. The summed E-state index contributed by atoms with van der Waals surface area (Å²) in [5.41, 5.74) is 10.5. The number of hydrogen-bond acceptors (Lipinski definition) is 5. The van der Waals surface area contributed by atoms with Crippen LogP contribution < -0.4 is 32.7 Å². The van der Waals surface area contributed by atoms with Crippen LogP contribution in [0.25, 0.3) is 0 Å². The molecule has 0 bridgehead atoms. The molecule has 8 N–H and O–H groups in total. The van der Waals surface area contributed by atoms with E-state index in [-0.39, 0.29) is 18.4 Å². The zero-order valence-corrected chi connectivity index (χ0v) is 13.4. The minimum Gasteiger partial charge on any atom is -0.370 e. The SMILES string of the molecule is CNCCCNC(=O)C(CCCN=C(N)N)NC(=O)CNC=O. The summed E-state index contributed by atoms with van der Waals surface area (Å²) in [7, 11) is 1.83. The third kappa shape index (κ3) is 11.9. The van der Waals surface area contributed by atoms with E-state index in [0.717, 1.165) is 13.0 Å². The molecule has 0 heterocycles. The molecule has 10 heteroatoms. The number of carbonyl (C=O) groups excluding carboxylic acids is 3. The number of aliphatic imine (C=N–C) groups is 1. The Hall–Kier alpha value is -2.36. The van der Waals surface area contributed by atoms with Crippen LogP contribution in [-0.4, -0.2) is 63.5 Å². The molecule has 0 saturated carbocycles. The molecule has 0 aliphatic carbocycles. The molecule has 0 aromatic heterocycles. The van der Waals surface area contributed by atoms with E-state index in [2.05, 4.69) is 26.3 Å². The molecule has 23 heavy (non-hydrogen) atoms. The van der Waals surface area contributed by atoms with Gasteiger partial charge in [0.25, 0.3) is 0 Å². The summed E-state index contributed by atoms with van der Waals surface area (Å²) >= 11 is 0. The first-order valence-electron chi connectivity index (χ1n) is 7.45. The maximum atomic E-state index is 12.1.